The number of rotatable bonds is 3. The van der Waals surface area contributed by atoms with Crippen LogP contribution in [0.2, 0.25) is 0 Å². The van der Waals surface area contributed by atoms with Crippen LogP contribution in [0, 0.1) is 19.8 Å². The fourth-order valence-corrected chi connectivity index (χ4v) is 2.43. The van der Waals surface area contributed by atoms with Gasteiger partial charge in [0, 0.05) is 18.0 Å². The van der Waals surface area contributed by atoms with Gasteiger partial charge in [0.15, 0.2) is 5.76 Å². The molecule has 0 aliphatic heterocycles. The number of aliphatic hydroxyl groups is 1. The van der Waals surface area contributed by atoms with Crippen LogP contribution in [-0.4, -0.2) is 23.7 Å². The first-order valence-corrected chi connectivity index (χ1v) is 6.11. The van der Waals surface area contributed by atoms with E-state index in [1.807, 2.05) is 19.9 Å². The summed E-state index contributed by atoms with van der Waals surface area (Å²) in [4.78, 5) is 11.9. The number of aryl methyl sites for hydroxylation is 2. The van der Waals surface area contributed by atoms with Crippen molar-refractivity contribution in [2.45, 2.75) is 39.2 Å². The standard InChI is InChI=1S/C13H19NO3/c1-8-6-9(2)17-12(8)13(16)14-7-10-4-3-5-11(10)15/h6,10-11,15H,3-5,7H2,1-2H3,(H,14,16). The number of amides is 1. The van der Waals surface area contributed by atoms with Gasteiger partial charge >= 0.3 is 0 Å². The molecule has 0 bridgehead atoms. The highest BCUT2D eigenvalue weighted by atomic mass is 16.3. The summed E-state index contributed by atoms with van der Waals surface area (Å²) >= 11 is 0. The summed E-state index contributed by atoms with van der Waals surface area (Å²) in [5.74, 6) is 1.13. The van der Waals surface area contributed by atoms with E-state index in [2.05, 4.69) is 5.32 Å². The summed E-state index contributed by atoms with van der Waals surface area (Å²) in [5.41, 5.74) is 0.854. The number of carbonyl (C=O) groups is 1. The van der Waals surface area contributed by atoms with Crippen LogP contribution in [0.3, 0.4) is 0 Å². The molecular weight excluding hydrogens is 218 g/mol. The lowest BCUT2D eigenvalue weighted by atomic mass is 10.1. The van der Waals surface area contributed by atoms with Gasteiger partial charge in [-0.05, 0) is 32.8 Å². The summed E-state index contributed by atoms with van der Waals surface area (Å²) < 4.78 is 5.34. The second-order valence-electron chi connectivity index (χ2n) is 4.84. The maximum atomic E-state index is 11.9. The van der Waals surface area contributed by atoms with Crippen molar-refractivity contribution in [2.75, 3.05) is 6.54 Å². The van der Waals surface area contributed by atoms with E-state index >= 15 is 0 Å². The normalized spacial score (nSPS) is 23.9. The van der Waals surface area contributed by atoms with Crippen molar-refractivity contribution in [2.24, 2.45) is 5.92 Å². The fraction of sp³-hybridized carbons (Fsp3) is 0.615. The third-order valence-corrected chi connectivity index (χ3v) is 3.39. The zero-order valence-corrected chi connectivity index (χ0v) is 10.3. The average molecular weight is 237 g/mol. The van der Waals surface area contributed by atoms with Crippen molar-refractivity contribution in [1.29, 1.82) is 0 Å². The maximum Gasteiger partial charge on any atom is 0.287 e. The minimum Gasteiger partial charge on any atom is -0.456 e. The largest absolute Gasteiger partial charge is 0.456 e. The molecule has 4 heteroatoms. The van der Waals surface area contributed by atoms with Crippen molar-refractivity contribution in [3.8, 4) is 0 Å². The Morgan fingerprint density at radius 3 is 2.82 bits per heavy atom. The van der Waals surface area contributed by atoms with Gasteiger partial charge < -0.3 is 14.8 Å². The summed E-state index contributed by atoms with van der Waals surface area (Å²) in [7, 11) is 0. The van der Waals surface area contributed by atoms with Gasteiger partial charge in [-0.15, -0.1) is 0 Å². The van der Waals surface area contributed by atoms with Crippen LogP contribution >= 0.6 is 0 Å². The third kappa shape index (κ3) is 2.69. The maximum absolute atomic E-state index is 11.9. The quantitative estimate of drug-likeness (QED) is 0.842. The van der Waals surface area contributed by atoms with Crippen molar-refractivity contribution in [3.05, 3.63) is 23.2 Å². The van der Waals surface area contributed by atoms with E-state index in [1.165, 1.54) is 0 Å². The zero-order chi connectivity index (χ0) is 12.4. The molecular formula is C13H19NO3. The molecule has 1 aromatic heterocycles. The predicted octanol–water partition coefficient (Wildman–Crippen LogP) is 1.79. The van der Waals surface area contributed by atoms with E-state index in [-0.39, 0.29) is 17.9 Å². The Morgan fingerprint density at radius 2 is 2.29 bits per heavy atom. The van der Waals surface area contributed by atoms with E-state index in [0.29, 0.717) is 12.3 Å². The molecule has 94 valence electrons. The smallest absolute Gasteiger partial charge is 0.287 e. The SMILES string of the molecule is Cc1cc(C)c(C(=O)NCC2CCCC2O)o1. The molecule has 0 saturated heterocycles. The topological polar surface area (TPSA) is 62.5 Å². The number of furan rings is 1. The first kappa shape index (κ1) is 12.2. The third-order valence-electron chi connectivity index (χ3n) is 3.39. The Kier molecular flexibility index (Phi) is 3.52. The van der Waals surface area contributed by atoms with Crippen LogP contribution < -0.4 is 5.32 Å². The van der Waals surface area contributed by atoms with Crippen molar-refractivity contribution >= 4 is 5.91 Å². The molecule has 1 fully saturated rings. The lowest BCUT2D eigenvalue weighted by Gasteiger charge is -2.14. The molecule has 1 saturated carbocycles. The van der Waals surface area contributed by atoms with Gasteiger partial charge in [-0.25, -0.2) is 0 Å². The Bertz CT molecular complexity index is 411. The van der Waals surface area contributed by atoms with E-state index in [9.17, 15) is 9.90 Å². The highest BCUT2D eigenvalue weighted by Crippen LogP contribution is 2.24. The van der Waals surface area contributed by atoms with Gasteiger partial charge in [-0.2, -0.15) is 0 Å². The summed E-state index contributed by atoms with van der Waals surface area (Å²) in [6.07, 6.45) is 2.60. The van der Waals surface area contributed by atoms with Crippen LogP contribution in [0.5, 0.6) is 0 Å². The van der Waals surface area contributed by atoms with Gasteiger partial charge in [0.05, 0.1) is 6.10 Å². The fourth-order valence-electron chi connectivity index (χ4n) is 2.43. The minimum absolute atomic E-state index is 0.185. The Morgan fingerprint density at radius 1 is 1.53 bits per heavy atom. The van der Waals surface area contributed by atoms with Crippen LogP contribution in [0.25, 0.3) is 0 Å². The Labute approximate surface area is 101 Å². The highest BCUT2D eigenvalue weighted by molar-refractivity contribution is 5.92. The predicted molar refractivity (Wildman–Crippen MR) is 63.9 cm³/mol. The van der Waals surface area contributed by atoms with E-state index in [4.69, 9.17) is 4.42 Å². The molecule has 17 heavy (non-hydrogen) atoms. The van der Waals surface area contributed by atoms with Crippen molar-refractivity contribution in [1.82, 2.24) is 5.32 Å². The Balaban J connectivity index is 1.91. The van der Waals surface area contributed by atoms with E-state index in [0.717, 1.165) is 30.6 Å². The molecule has 1 aromatic rings. The Hall–Kier alpha value is -1.29. The lowest BCUT2D eigenvalue weighted by Crippen LogP contribution is -2.32. The minimum atomic E-state index is -0.269. The second-order valence-corrected chi connectivity index (χ2v) is 4.84. The van der Waals surface area contributed by atoms with Crippen LogP contribution in [0.15, 0.2) is 10.5 Å². The average Bonchev–Trinajstić information content (AvgIpc) is 2.81. The first-order valence-electron chi connectivity index (χ1n) is 6.11. The number of hydrogen-bond donors (Lipinski definition) is 2. The summed E-state index contributed by atoms with van der Waals surface area (Å²) in [6.45, 7) is 4.21. The van der Waals surface area contributed by atoms with Gasteiger partial charge in [0.1, 0.15) is 5.76 Å². The zero-order valence-electron chi connectivity index (χ0n) is 10.3. The molecule has 1 heterocycles. The molecule has 1 amide bonds. The molecule has 2 rings (SSSR count). The summed E-state index contributed by atoms with van der Waals surface area (Å²) in [6, 6.07) is 1.85. The second kappa shape index (κ2) is 4.92. The van der Waals surface area contributed by atoms with Crippen LogP contribution in [-0.2, 0) is 0 Å². The molecule has 4 nitrogen and oxygen atoms in total. The highest BCUT2D eigenvalue weighted by Gasteiger charge is 2.26. The summed E-state index contributed by atoms with van der Waals surface area (Å²) in [5, 5.41) is 12.5. The molecule has 0 radical (unpaired) electrons. The number of nitrogens with one attached hydrogen (secondary N) is 1. The number of hydrogen-bond acceptors (Lipinski definition) is 3. The molecule has 1 aliphatic rings. The molecule has 2 unspecified atom stereocenters. The first-order chi connectivity index (χ1) is 8.08. The van der Waals surface area contributed by atoms with Crippen molar-refractivity contribution < 1.29 is 14.3 Å². The number of aliphatic hydroxyl groups excluding tert-OH is 1. The molecule has 1 aliphatic carbocycles. The van der Waals surface area contributed by atoms with Gasteiger partial charge in [-0.1, -0.05) is 6.42 Å². The monoisotopic (exact) mass is 237 g/mol. The van der Waals surface area contributed by atoms with Gasteiger partial charge in [0.25, 0.3) is 5.91 Å². The lowest BCUT2D eigenvalue weighted by molar-refractivity contribution is 0.0888. The van der Waals surface area contributed by atoms with Gasteiger partial charge in [0.2, 0.25) is 0 Å². The van der Waals surface area contributed by atoms with Gasteiger partial charge in [-0.3, -0.25) is 4.79 Å². The van der Waals surface area contributed by atoms with E-state index in [1.54, 1.807) is 0 Å². The molecule has 2 N–H and O–H groups in total. The van der Waals surface area contributed by atoms with Crippen LogP contribution in [0.4, 0.5) is 0 Å². The molecule has 2 atom stereocenters. The molecule has 0 spiro atoms. The van der Waals surface area contributed by atoms with E-state index < -0.39 is 0 Å². The van der Waals surface area contributed by atoms with Crippen LogP contribution in [0.1, 0.15) is 41.1 Å². The molecule has 0 aromatic carbocycles. The number of carbonyl (C=O) groups excluding carboxylic acids is 1. The van der Waals surface area contributed by atoms with Crippen molar-refractivity contribution in [3.63, 3.8) is 0 Å².